The van der Waals surface area contributed by atoms with Crippen molar-refractivity contribution in [2.24, 2.45) is 0 Å². The van der Waals surface area contributed by atoms with E-state index in [2.05, 4.69) is 15.6 Å². The predicted molar refractivity (Wildman–Crippen MR) is 74.8 cm³/mol. The zero-order valence-electron chi connectivity index (χ0n) is 11.5. The lowest BCUT2D eigenvalue weighted by Gasteiger charge is -2.08. The maximum absolute atomic E-state index is 11.5. The summed E-state index contributed by atoms with van der Waals surface area (Å²) in [5.74, 6) is -0.356. The highest BCUT2D eigenvalue weighted by molar-refractivity contribution is 5.88. The highest BCUT2D eigenvalue weighted by atomic mass is 16.4. The van der Waals surface area contributed by atoms with E-state index in [-0.39, 0.29) is 11.5 Å². The van der Waals surface area contributed by atoms with Crippen molar-refractivity contribution < 1.29 is 14.7 Å². The molecule has 20 heavy (non-hydrogen) atoms. The summed E-state index contributed by atoms with van der Waals surface area (Å²) in [5, 5.41) is 14.9. The van der Waals surface area contributed by atoms with Crippen LogP contribution in [0.2, 0.25) is 0 Å². The van der Waals surface area contributed by atoms with Gasteiger partial charge in [-0.1, -0.05) is 0 Å². The van der Waals surface area contributed by atoms with Crippen LogP contribution in [0.1, 0.15) is 41.7 Å². The van der Waals surface area contributed by atoms with Gasteiger partial charge in [-0.25, -0.2) is 9.78 Å². The van der Waals surface area contributed by atoms with E-state index in [0.717, 1.165) is 12.8 Å². The summed E-state index contributed by atoms with van der Waals surface area (Å²) >= 11 is 0. The average molecular weight is 277 g/mol. The Labute approximate surface area is 117 Å². The highest BCUT2D eigenvalue weighted by Crippen LogP contribution is 2.18. The molecular weight excluding hydrogens is 258 g/mol. The van der Waals surface area contributed by atoms with Crippen LogP contribution in [-0.4, -0.2) is 34.6 Å². The van der Waals surface area contributed by atoms with Crippen LogP contribution in [0, 0.1) is 6.92 Å². The van der Waals surface area contributed by atoms with Gasteiger partial charge in [-0.15, -0.1) is 0 Å². The molecule has 6 nitrogen and oxygen atoms in total. The number of nitrogens with one attached hydrogen (secondary N) is 2. The molecule has 1 fully saturated rings. The van der Waals surface area contributed by atoms with E-state index < -0.39 is 5.97 Å². The van der Waals surface area contributed by atoms with Gasteiger partial charge in [0.2, 0.25) is 5.91 Å². The van der Waals surface area contributed by atoms with E-state index in [4.69, 9.17) is 5.11 Å². The molecule has 6 heteroatoms. The minimum atomic E-state index is -0.970. The maximum atomic E-state index is 11.5. The third-order valence-electron chi connectivity index (χ3n) is 3.03. The zero-order valence-corrected chi connectivity index (χ0v) is 11.5. The monoisotopic (exact) mass is 277 g/mol. The number of aromatic nitrogens is 1. The Kier molecular flexibility index (Phi) is 4.55. The van der Waals surface area contributed by atoms with Crippen molar-refractivity contribution in [2.45, 2.75) is 38.6 Å². The number of rotatable bonds is 7. The second kappa shape index (κ2) is 6.36. The summed E-state index contributed by atoms with van der Waals surface area (Å²) in [6, 6.07) is 3.42. The van der Waals surface area contributed by atoms with Gasteiger partial charge in [0.15, 0.2) is 0 Å². The molecular formula is C14H19N3O3. The zero-order chi connectivity index (χ0) is 14.5. The number of nitrogens with zero attached hydrogens (tertiary/aromatic N) is 1. The molecule has 0 unspecified atom stereocenters. The summed E-state index contributed by atoms with van der Waals surface area (Å²) in [6.07, 6.45) is 3.35. The van der Waals surface area contributed by atoms with Crippen molar-refractivity contribution in [3.63, 3.8) is 0 Å². The normalized spacial score (nSPS) is 13.8. The lowest BCUT2D eigenvalue weighted by Crippen LogP contribution is -2.25. The lowest BCUT2D eigenvalue weighted by atomic mass is 10.2. The van der Waals surface area contributed by atoms with Crippen molar-refractivity contribution in [3.8, 4) is 0 Å². The van der Waals surface area contributed by atoms with E-state index >= 15 is 0 Å². The molecule has 0 radical (unpaired) electrons. The van der Waals surface area contributed by atoms with Crippen molar-refractivity contribution in [1.29, 1.82) is 0 Å². The van der Waals surface area contributed by atoms with Gasteiger partial charge in [0.25, 0.3) is 0 Å². The first kappa shape index (κ1) is 14.3. The number of amides is 1. The van der Waals surface area contributed by atoms with E-state index in [1.165, 1.54) is 12.1 Å². The summed E-state index contributed by atoms with van der Waals surface area (Å²) in [6.45, 7) is 2.34. The van der Waals surface area contributed by atoms with E-state index in [1.54, 1.807) is 6.92 Å². The molecule has 0 aliphatic heterocycles. The smallest absolute Gasteiger partial charge is 0.335 e. The van der Waals surface area contributed by atoms with Crippen molar-refractivity contribution in [1.82, 2.24) is 10.3 Å². The van der Waals surface area contributed by atoms with Crippen molar-refractivity contribution in [2.75, 3.05) is 11.9 Å². The van der Waals surface area contributed by atoms with Crippen LogP contribution in [0.4, 0.5) is 5.82 Å². The molecule has 108 valence electrons. The molecule has 0 saturated heterocycles. The second-order valence-electron chi connectivity index (χ2n) is 5.06. The average Bonchev–Trinajstić information content (AvgIpc) is 3.18. The molecule has 1 aliphatic carbocycles. The first-order chi connectivity index (χ1) is 9.54. The van der Waals surface area contributed by atoms with Crippen LogP contribution in [0.3, 0.4) is 0 Å². The summed E-state index contributed by atoms with van der Waals surface area (Å²) in [4.78, 5) is 26.6. The van der Waals surface area contributed by atoms with Crippen LogP contribution < -0.4 is 10.6 Å². The largest absolute Gasteiger partial charge is 0.478 e. The maximum Gasteiger partial charge on any atom is 0.335 e. The number of pyridine rings is 1. The van der Waals surface area contributed by atoms with Gasteiger partial charge in [0.1, 0.15) is 5.82 Å². The topological polar surface area (TPSA) is 91.3 Å². The van der Waals surface area contributed by atoms with Gasteiger partial charge in [-0.2, -0.15) is 0 Å². The fourth-order valence-corrected chi connectivity index (χ4v) is 1.88. The fraction of sp³-hybridized carbons (Fsp3) is 0.500. The van der Waals surface area contributed by atoms with Crippen LogP contribution in [0.5, 0.6) is 0 Å². The minimum Gasteiger partial charge on any atom is -0.478 e. The highest BCUT2D eigenvalue weighted by Gasteiger charge is 2.22. The molecule has 2 rings (SSSR count). The molecule has 1 amide bonds. The van der Waals surface area contributed by atoms with Gasteiger partial charge < -0.3 is 15.7 Å². The molecule has 1 saturated carbocycles. The number of carboxylic acids is 1. The van der Waals surface area contributed by atoms with Gasteiger partial charge in [-0.3, -0.25) is 4.79 Å². The van der Waals surface area contributed by atoms with Crippen LogP contribution in [-0.2, 0) is 4.79 Å². The Morgan fingerprint density at radius 1 is 1.40 bits per heavy atom. The quantitative estimate of drug-likeness (QED) is 0.658. The fourth-order valence-electron chi connectivity index (χ4n) is 1.88. The number of hydrogen-bond donors (Lipinski definition) is 3. The van der Waals surface area contributed by atoms with Gasteiger partial charge in [0.05, 0.1) is 5.56 Å². The van der Waals surface area contributed by atoms with Crippen molar-refractivity contribution >= 4 is 17.7 Å². The molecule has 3 N–H and O–H groups in total. The number of aryl methyl sites for hydroxylation is 1. The SMILES string of the molecule is Cc1cc(C(=O)O)cc(NCCCC(=O)NC2CC2)n1. The second-order valence-corrected chi connectivity index (χ2v) is 5.06. The molecule has 0 aromatic carbocycles. The Hall–Kier alpha value is -2.11. The number of hydrogen-bond acceptors (Lipinski definition) is 4. The summed E-state index contributed by atoms with van der Waals surface area (Å²) < 4.78 is 0. The molecule has 0 atom stereocenters. The predicted octanol–water partition coefficient (Wildman–Crippen LogP) is 1.56. The standard InChI is InChI=1S/C14H19N3O3/c1-9-7-10(14(19)20)8-12(16-9)15-6-2-3-13(18)17-11-4-5-11/h7-8,11H,2-6H2,1H3,(H,15,16)(H,17,18)(H,19,20). The van der Waals surface area contributed by atoms with Crippen LogP contribution >= 0.6 is 0 Å². The first-order valence-corrected chi connectivity index (χ1v) is 6.80. The van der Waals surface area contributed by atoms with Gasteiger partial charge in [0, 0.05) is 24.7 Å². The van der Waals surface area contributed by atoms with Crippen LogP contribution in [0.25, 0.3) is 0 Å². The number of aromatic carboxylic acids is 1. The molecule has 0 bridgehead atoms. The Morgan fingerprint density at radius 2 is 2.15 bits per heavy atom. The Bertz CT molecular complexity index is 512. The minimum absolute atomic E-state index is 0.0812. The van der Waals surface area contributed by atoms with E-state index in [1.807, 2.05) is 0 Å². The number of anilines is 1. The van der Waals surface area contributed by atoms with Gasteiger partial charge >= 0.3 is 5.97 Å². The summed E-state index contributed by atoms with van der Waals surface area (Å²) in [7, 11) is 0. The first-order valence-electron chi connectivity index (χ1n) is 6.80. The summed E-state index contributed by atoms with van der Waals surface area (Å²) in [5.41, 5.74) is 0.866. The van der Waals surface area contributed by atoms with Crippen LogP contribution in [0.15, 0.2) is 12.1 Å². The third-order valence-corrected chi connectivity index (χ3v) is 3.03. The van der Waals surface area contributed by atoms with E-state index in [0.29, 0.717) is 36.9 Å². The molecule has 1 aromatic rings. The van der Waals surface area contributed by atoms with Gasteiger partial charge in [-0.05, 0) is 38.3 Å². The lowest BCUT2D eigenvalue weighted by molar-refractivity contribution is -0.121. The number of carboxylic acid groups (broad SMARTS) is 1. The van der Waals surface area contributed by atoms with Crippen molar-refractivity contribution in [3.05, 3.63) is 23.4 Å². The Morgan fingerprint density at radius 3 is 2.80 bits per heavy atom. The number of carbonyl (C=O) groups is 2. The molecule has 1 aromatic heterocycles. The molecule has 0 spiro atoms. The van der Waals surface area contributed by atoms with E-state index in [9.17, 15) is 9.59 Å². The Balaban J connectivity index is 1.75. The third kappa shape index (κ3) is 4.53. The number of carbonyl (C=O) groups excluding carboxylic acids is 1. The molecule has 1 heterocycles. The molecule has 1 aliphatic rings.